The van der Waals surface area contributed by atoms with E-state index in [0.29, 0.717) is 27.9 Å². The molecule has 2 aromatic heterocycles. The monoisotopic (exact) mass is 510 g/mol. The second kappa shape index (κ2) is 10.3. The number of hydrogen-bond acceptors (Lipinski definition) is 6. The molecule has 0 bridgehead atoms. The van der Waals surface area contributed by atoms with Gasteiger partial charge in [-0.15, -0.1) is 0 Å². The minimum Gasteiger partial charge on any atom is -0.471 e. The van der Waals surface area contributed by atoms with Gasteiger partial charge in [-0.25, -0.2) is 18.2 Å². The van der Waals surface area contributed by atoms with E-state index in [4.69, 9.17) is 15.2 Å². The van der Waals surface area contributed by atoms with Crippen molar-refractivity contribution in [3.05, 3.63) is 76.7 Å². The molecule has 0 aliphatic carbocycles. The zero-order chi connectivity index (χ0) is 26.7. The summed E-state index contributed by atoms with van der Waals surface area (Å²) in [6, 6.07) is 14.5. The quantitative estimate of drug-likeness (QED) is 0.253. The molecule has 0 spiro atoms. The molecule has 4 rings (SSSR count). The number of halogens is 3. The van der Waals surface area contributed by atoms with Crippen molar-refractivity contribution in [2.24, 2.45) is 4.99 Å². The Morgan fingerprint density at radius 3 is 2.54 bits per heavy atom. The highest BCUT2D eigenvalue weighted by Gasteiger charge is 2.23. The van der Waals surface area contributed by atoms with Crippen molar-refractivity contribution in [2.75, 3.05) is 19.4 Å². The maximum atomic E-state index is 13.8. The van der Waals surface area contributed by atoms with Gasteiger partial charge in [-0.1, -0.05) is 12.1 Å². The predicted octanol–water partition coefficient (Wildman–Crippen LogP) is 5.41. The van der Waals surface area contributed by atoms with E-state index in [-0.39, 0.29) is 22.7 Å². The number of alkyl halides is 3. The Labute approximate surface area is 211 Å². The highest BCUT2D eigenvalue weighted by molar-refractivity contribution is 5.93. The molecule has 2 heterocycles. The van der Waals surface area contributed by atoms with Crippen LogP contribution in [0.25, 0.3) is 27.7 Å². The van der Waals surface area contributed by atoms with Gasteiger partial charge in [0.15, 0.2) is 6.61 Å². The molecule has 192 valence electrons. The number of anilines is 1. The van der Waals surface area contributed by atoms with Crippen molar-refractivity contribution in [3.63, 3.8) is 0 Å². The molecule has 1 atom stereocenters. The third-order valence-corrected chi connectivity index (χ3v) is 5.37. The van der Waals surface area contributed by atoms with Crippen LogP contribution in [0.1, 0.15) is 19.4 Å². The van der Waals surface area contributed by atoms with E-state index in [1.165, 1.54) is 29.7 Å². The lowest BCUT2D eigenvalue weighted by Crippen LogP contribution is -2.22. The summed E-state index contributed by atoms with van der Waals surface area (Å²) in [5.74, 6) is -2.82. The molecule has 0 aliphatic rings. The van der Waals surface area contributed by atoms with E-state index in [9.17, 15) is 18.0 Å². The Bertz CT molecular complexity index is 1510. The molecule has 0 saturated heterocycles. The molecule has 7 nitrogen and oxygen atoms in total. The molecular weight excluding hydrogens is 485 g/mol. The number of pyridine rings is 2. The van der Waals surface area contributed by atoms with E-state index in [1.807, 2.05) is 0 Å². The van der Waals surface area contributed by atoms with Crippen molar-refractivity contribution < 1.29 is 22.6 Å². The fourth-order valence-electron chi connectivity index (χ4n) is 3.76. The first kappa shape index (κ1) is 25.7. The summed E-state index contributed by atoms with van der Waals surface area (Å²) in [6.07, 6.45) is 1.68. The Kier molecular flexibility index (Phi) is 7.19. The van der Waals surface area contributed by atoms with Crippen LogP contribution < -0.4 is 20.8 Å². The molecule has 2 N–H and O–H groups in total. The molecule has 0 radical (unpaired) electrons. The zero-order valence-electron chi connectivity index (χ0n) is 20.4. The smallest absolute Gasteiger partial charge is 0.278 e. The molecule has 4 aromatic rings. The van der Waals surface area contributed by atoms with E-state index < -0.39 is 24.4 Å². The number of nitrogens with two attached hydrogens (primary N) is 1. The van der Waals surface area contributed by atoms with Crippen LogP contribution in [0.4, 0.5) is 18.9 Å². The Hall–Kier alpha value is -4.34. The minimum absolute atomic E-state index is 0.0486. The van der Waals surface area contributed by atoms with Crippen LogP contribution in [-0.4, -0.2) is 41.7 Å². The Morgan fingerprint density at radius 1 is 1.16 bits per heavy atom. The SMILES string of the molecule is CN=Cc1cc(-n2cc3ccc(OCC(C)(F)F)nc3c(-c3ccc(OC(C)F)cc3)c2=O)ccc1N. The normalized spacial score (nSPS) is 12.7. The standard InChI is InChI=1S/C27H25F3N4O3/c1-16(28)37-21-8-4-17(5-9-21)24-25-18(6-11-23(33-25)36-15-27(2,29)30)14-34(26(24)35)20-7-10-22(31)19(12-20)13-32-3/h4-14,16H,15,31H2,1-3H3. The predicted molar refractivity (Wildman–Crippen MR) is 138 cm³/mol. The molecule has 1 unspecified atom stereocenters. The van der Waals surface area contributed by atoms with Gasteiger partial charge in [0.1, 0.15) is 5.75 Å². The van der Waals surface area contributed by atoms with Crippen LogP contribution in [0.5, 0.6) is 11.6 Å². The number of ether oxygens (including phenoxy) is 2. The van der Waals surface area contributed by atoms with E-state index in [0.717, 1.165) is 6.92 Å². The molecular formula is C27H25F3N4O3. The summed E-state index contributed by atoms with van der Waals surface area (Å²) in [5, 5.41) is 0.561. The molecule has 0 aliphatic heterocycles. The lowest BCUT2D eigenvalue weighted by atomic mass is 10.0. The topological polar surface area (TPSA) is 91.7 Å². The van der Waals surface area contributed by atoms with E-state index in [1.54, 1.807) is 55.9 Å². The molecule has 0 fully saturated rings. The van der Waals surface area contributed by atoms with Gasteiger partial charge < -0.3 is 15.2 Å². The van der Waals surface area contributed by atoms with Gasteiger partial charge in [0.2, 0.25) is 12.2 Å². The van der Waals surface area contributed by atoms with Gasteiger partial charge in [0.05, 0.1) is 11.1 Å². The third kappa shape index (κ3) is 5.91. The van der Waals surface area contributed by atoms with Crippen molar-refractivity contribution in [1.29, 1.82) is 0 Å². The minimum atomic E-state index is -3.05. The number of rotatable bonds is 8. The van der Waals surface area contributed by atoms with Gasteiger partial charge in [-0.3, -0.25) is 14.4 Å². The lowest BCUT2D eigenvalue weighted by molar-refractivity contribution is -0.0241. The van der Waals surface area contributed by atoms with Gasteiger partial charge in [-0.05, 0) is 42.0 Å². The summed E-state index contributed by atoms with van der Waals surface area (Å²) in [5.41, 5.74) is 8.22. The molecule has 0 saturated carbocycles. The van der Waals surface area contributed by atoms with Crippen molar-refractivity contribution >= 4 is 22.8 Å². The summed E-state index contributed by atoms with van der Waals surface area (Å²) in [4.78, 5) is 22.2. The summed E-state index contributed by atoms with van der Waals surface area (Å²) >= 11 is 0. The number of aliphatic imine (C=N–C) groups is 1. The highest BCUT2D eigenvalue weighted by atomic mass is 19.3. The number of benzene rings is 2. The first-order valence-corrected chi connectivity index (χ1v) is 11.4. The summed E-state index contributed by atoms with van der Waals surface area (Å²) in [7, 11) is 1.61. The van der Waals surface area contributed by atoms with Crippen molar-refractivity contribution in [3.8, 4) is 28.4 Å². The van der Waals surface area contributed by atoms with Crippen LogP contribution in [-0.2, 0) is 0 Å². The number of nitrogens with zero attached hydrogens (tertiary/aromatic N) is 3. The molecule has 0 amide bonds. The maximum absolute atomic E-state index is 13.8. The van der Waals surface area contributed by atoms with Crippen molar-refractivity contribution in [2.45, 2.75) is 26.1 Å². The fraction of sp³-hybridized carbons (Fsp3) is 0.222. The van der Waals surface area contributed by atoms with Crippen LogP contribution in [0, 0.1) is 0 Å². The largest absolute Gasteiger partial charge is 0.471 e. The van der Waals surface area contributed by atoms with Gasteiger partial charge in [0.25, 0.3) is 11.5 Å². The first-order chi connectivity index (χ1) is 17.6. The molecule has 10 heteroatoms. The number of aromatic nitrogens is 2. The average molecular weight is 511 g/mol. The fourth-order valence-corrected chi connectivity index (χ4v) is 3.76. The van der Waals surface area contributed by atoms with Crippen LogP contribution in [0.3, 0.4) is 0 Å². The number of fused-ring (bicyclic) bond motifs is 1. The molecule has 2 aromatic carbocycles. The zero-order valence-corrected chi connectivity index (χ0v) is 20.4. The second-order valence-corrected chi connectivity index (χ2v) is 8.51. The lowest BCUT2D eigenvalue weighted by Gasteiger charge is -2.15. The van der Waals surface area contributed by atoms with Crippen molar-refractivity contribution in [1.82, 2.24) is 9.55 Å². The Morgan fingerprint density at radius 2 is 1.89 bits per heavy atom. The van der Waals surface area contributed by atoms with Crippen LogP contribution >= 0.6 is 0 Å². The Balaban J connectivity index is 1.93. The van der Waals surface area contributed by atoms with Crippen LogP contribution in [0.15, 0.2) is 70.6 Å². The highest BCUT2D eigenvalue weighted by Crippen LogP contribution is 2.29. The van der Waals surface area contributed by atoms with Gasteiger partial charge >= 0.3 is 0 Å². The molecule has 37 heavy (non-hydrogen) atoms. The van der Waals surface area contributed by atoms with Gasteiger partial charge in [0, 0.05) is 61.7 Å². The third-order valence-electron chi connectivity index (χ3n) is 5.37. The van der Waals surface area contributed by atoms with E-state index in [2.05, 4.69) is 9.98 Å². The number of nitrogen functional groups attached to an aromatic ring is 1. The van der Waals surface area contributed by atoms with Gasteiger partial charge in [-0.2, -0.15) is 0 Å². The summed E-state index contributed by atoms with van der Waals surface area (Å²) in [6.45, 7) is 1.13. The summed E-state index contributed by atoms with van der Waals surface area (Å²) < 4.78 is 51.7. The number of hydrogen-bond donors (Lipinski definition) is 1. The second-order valence-electron chi connectivity index (χ2n) is 8.51. The van der Waals surface area contributed by atoms with E-state index >= 15 is 0 Å². The van der Waals surface area contributed by atoms with Crippen LogP contribution in [0.2, 0.25) is 0 Å². The first-order valence-electron chi connectivity index (χ1n) is 11.4. The maximum Gasteiger partial charge on any atom is 0.278 e. The average Bonchev–Trinajstić information content (AvgIpc) is 2.84.